The Balaban J connectivity index is 0.000000303. The molecule has 6 aromatic carbocycles. The van der Waals surface area contributed by atoms with Crippen LogP contribution in [0.3, 0.4) is 0 Å². The predicted molar refractivity (Wildman–Crippen MR) is 235 cm³/mol. The first-order valence-corrected chi connectivity index (χ1v) is 28.8. The van der Waals surface area contributed by atoms with E-state index >= 15 is 0 Å². The number of rotatable bonds is 10. The van der Waals surface area contributed by atoms with Crippen molar-refractivity contribution >= 4 is 48.1 Å². The van der Waals surface area contributed by atoms with Crippen LogP contribution in [0.5, 0.6) is 0 Å². The zero-order chi connectivity index (χ0) is 48.2. The Hall–Kier alpha value is -3.06. The summed E-state index contributed by atoms with van der Waals surface area (Å²) < 4.78 is 160. The van der Waals surface area contributed by atoms with Gasteiger partial charge >= 0.3 is 62.6 Å². The average Bonchev–Trinajstić information content (AvgIpc) is 3.81. The normalized spacial score (nSPS) is 11.9. The van der Waals surface area contributed by atoms with Crippen LogP contribution in [-0.4, -0.2) is 9.52 Å². The molecule has 0 spiro atoms. The van der Waals surface area contributed by atoms with Gasteiger partial charge in [0, 0.05) is 9.52 Å². The van der Waals surface area contributed by atoms with Crippen molar-refractivity contribution in [2.45, 2.75) is 117 Å². The van der Waals surface area contributed by atoms with Gasteiger partial charge in [0.25, 0.3) is 0 Å². The molecule has 0 aromatic heterocycles. The summed E-state index contributed by atoms with van der Waals surface area (Å²) in [5.74, 6) is 0. The number of fused-ring (bicyclic) bond motifs is 2. The van der Waals surface area contributed by atoms with E-state index in [0.717, 1.165) is 105 Å². The molecule has 0 nitrogen and oxygen atoms in total. The maximum absolute atomic E-state index is 13.4. The van der Waals surface area contributed by atoms with Crippen LogP contribution in [0.1, 0.15) is 97.9 Å². The fraction of sp³-hybridized carbons (Fsp3) is 0.375. The molecule has 6 aromatic rings. The quantitative estimate of drug-likeness (QED) is 0.0729. The molecule has 0 aliphatic carbocycles. The molecule has 0 N–H and O–H groups in total. The predicted octanol–water partition coefficient (Wildman–Crippen LogP) is 18.5. The number of alkyl halides is 12. The van der Waals surface area contributed by atoms with Gasteiger partial charge < -0.3 is 0 Å². The summed E-state index contributed by atoms with van der Waals surface area (Å²) >= 11 is -0.826. The molecule has 0 saturated carbocycles. The van der Waals surface area contributed by atoms with Gasteiger partial charge in [-0.3, -0.25) is 0 Å². The molecule has 0 unspecified atom stereocenters. The molecule has 2 radical (unpaired) electrons. The molecule has 0 aliphatic heterocycles. The van der Waals surface area contributed by atoms with Crippen molar-refractivity contribution < 1.29 is 73.5 Å². The Morgan fingerprint density at radius 3 is 0.953 bits per heavy atom. The van der Waals surface area contributed by atoms with E-state index in [2.05, 4.69) is 13.1 Å². The van der Waals surface area contributed by atoms with Gasteiger partial charge in [0.2, 0.25) is 0 Å². The monoisotopic (exact) mass is 1040 g/mol. The SMILES string of the molecule is CCCc1cc2c(-c3cc(C(F)(F)F)cc(C(F)(F)F)c3)c(CCC)ccc2[cH-]1.CCCc1cc2c(-c3cc(C(F)(F)F)cc(C(F)(F)F)c3)c(CCC)ccc2[cH-]1.C[Si]C.[Cl][Zr+2][Cl]. The maximum atomic E-state index is 13.4. The summed E-state index contributed by atoms with van der Waals surface area (Å²) in [6.45, 7) is 12.2. The van der Waals surface area contributed by atoms with Crippen LogP contribution in [0.15, 0.2) is 84.9 Å². The third-order valence-electron chi connectivity index (χ3n) is 9.94. The fourth-order valence-electron chi connectivity index (χ4n) is 7.48. The summed E-state index contributed by atoms with van der Waals surface area (Å²) in [6, 6.07) is 18.8. The van der Waals surface area contributed by atoms with Gasteiger partial charge in [0.15, 0.2) is 0 Å². The minimum absolute atomic E-state index is 0.0464. The van der Waals surface area contributed by atoms with E-state index in [1.165, 1.54) is 0 Å². The van der Waals surface area contributed by atoms with Crippen LogP contribution in [0.25, 0.3) is 43.8 Å². The fourth-order valence-corrected chi connectivity index (χ4v) is 7.48. The van der Waals surface area contributed by atoms with Gasteiger partial charge in [-0.15, -0.1) is 69.1 Å². The molecule has 346 valence electrons. The molecule has 0 atom stereocenters. The van der Waals surface area contributed by atoms with Crippen molar-refractivity contribution in [2.75, 3.05) is 0 Å². The average molecular weight is 1040 g/mol. The van der Waals surface area contributed by atoms with Crippen LogP contribution in [0.2, 0.25) is 13.1 Å². The van der Waals surface area contributed by atoms with E-state index in [4.69, 9.17) is 17.0 Å². The van der Waals surface area contributed by atoms with Gasteiger partial charge in [-0.05, 0) is 73.2 Å². The molecule has 0 heterocycles. The molecule has 0 amide bonds. The third kappa shape index (κ3) is 15.0. The zero-order valence-electron chi connectivity index (χ0n) is 36.0. The Bertz CT molecular complexity index is 2170. The molecule has 16 heteroatoms. The van der Waals surface area contributed by atoms with Gasteiger partial charge in [-0.25, -0.2) is 0 Å². The summed E-state index contributed by atoms with van der Waals surface area (Å²) in [7, 11) is 11.0. The van der Waals surface area contributed by atoms with E-state index in [1.54, 1.807) is 0 Å². The van der Waals surface area contributed by atoms with Crippen molar-refractivity contribution in [2.24, 2.45) is 0 Å². The third-order valence-corrected chi connectivity index (χ3v) is 9.94. The van der Waals surface area contributed by atoms with Crippen molar-refractivity contribution in [1.29, 1.82) is 0 Å². The summed E-state index contributed by atoms with van der Waals surface area (Å²) in [5, 5.41) is 3.06. The summed E-state index contributed by atoms with van der Waals surface area (Å²) in [5.41, 5.74) is -0.771. The summed E-state index contributed by atoms with van der Waals surface area (Å²) in [6.07, 6.45) is -13.5. The Labute approximate surface area is 387 Å². The summed E-state index contributed by atoms with van der Waals surface area (Å²) in [4.78, 5) is 0. The minimum atomic E-state index is -4.87. The standard InChI is InChI=1S/2C23H21F6.C2H6Si.2ClH.Zr/c2*1-3-5-14-9-16-8-7-15(6-4-2)21(20(16)10-14)17-11-18(22(24,25)26)13-19(12-17)23(27,28)29;1-3-2;;;/h2*7-13H,3-6H2,1-2H3;1-2H3;2*1H;/q2*-1;;;;+4/p-2. The van der Waals surface area contributed by atoms with Crippen molar-refractivity contribution in [3.8, 4) is 22.3 Å². The van der Waals surface area contributed by atoms with E-state index in [1.807, 2.05) is 76.2 Å². The van der Waals surface area contributed by atoms with Gasteiger partial charge in [0.1, 0.15) is 0 Å². The zero-order valence-corrected chi connectivity index (χ0v) is 41.0. The van der Waals surface area contributed by atoms with Gasteiger partial charge in [-0.1, -0.05) is 88.7 Å². The van der Waals surface area contributed by atoms with E-state index in [9.17, 15) is 52.7 Å². The Morgan fingerprint density at radius 2 is 0.719 bits per heavy atom. The van der Waals surface area contributed by atoms with Crippen LogP contribution in [0.4, 0.5) is 52.7 Å². The molecule has 0 saturated heterocycles. The van der Waals surface area contributed by atoms with E-state index in [0.29, 0.717) is 34.7 Å². The van der Waals surface area contributed by atoms with Gasteiger partial charge in [-0.2, -0.15) is 64.8 Å². The molecular formula is C48H48Cl2F12SiZr. The van der Waals surface area contributed by atoms with E-state index in [-0.39, 0.29) is 23.3 Å². The number of aryl methyl sites for hydroxylation is 4. The van der Waals surface area contributed by atoms with E-state index < -0.39 is 67.8 Å². The van der Waals surface area contributed by atoms with Crippen molar-refractivity contribution in [3.05, 3.63) is 129 Å². The van der Waals surface area contributed by atoms with Gasteiger partial charge in [0.05, 0.1) is 22.3 Å². The van der Waals surface area contributed by atoms with Crippen LogP contribution in [-0.2, 0) is 71.2 Å². The van der Waals surface area contributed by atoms with Crippen LogP contribution >= 0.6 is 17.0 Å². The molecule has 0 fully saturated rings. The molecule has 0 aliphatic rings. The molecular weight excluding hydrogens is 995 g/mol. The first-order valence-electron chi connectivity index (χ1n) is 20.5. The Morgan fingerprint density at radius 1 is 0.453 bits per heavy atom. The second-order valence-electron chi connectivity index (χ2n) is 15.1. The molecule has 64 heavy (non-hydrogen) atoms. The Kier molecular flexibility index (Phi) is 20.8. The first-order chi connectivity index (χ1) is 29.9. The van der Waals surface area contributed by atoms with Crippen molar-refractivity contribution in [3.63, 3.8) is 0 Å². The number of benzene rings is 4. The number of hydrogen-bond donors (Lipinski definition) is 0. The number of hydrogen-bond acceptors (Lipinski definition) is 0. The molecule has 6 rings (SSSR count). The van der Waals surface area contributed by atoms with Crippen LogP contribution < -0.4 is 0 Å². The van der Waals surface area contributed by atoms with Crippen LogP contribution in [0, 0.1) is 0 Å². The second kappa shape index (κ2) is 24.1. The first kappa shape index (κ1) is 55.3. The number of halogens is 14. The second-order valence-corrected chi connectivity index (χ2v) is 19.8. The molecule has 0 bridgehead atoms. The van der Waals surface area contributed by atoms with Crippen molar-refractivity contribution in [1.82, 2.24) is 0 Å². The topological polar surface area (TPSA) is 0 Å².